The summed E-state index contributed by atoms with van der Waals surface area (Å²) in [6, 6.07) is 12.4. The van der Waals surface area contributed by atoms with Gasteiger partial charge in [-0.15, -0.1) is 0 Å². The van der Waals surface area contributed by atoms with Crippen LogP contribution in [0.25, 0.3) is 11.1 Å². The molecule has 5 rings (SSSR count). The number of aromatic nitrogens is 1. The lowest BCUT2D eigenvalue weighted by Crippen LogP contribution is -2.09. The van der Waals surface area contributed by atoms with E-state index in [9.17, 15) is 22.7 Å². The zero-order chi connectivity index (χ0) is 27.2. The van der Waals surface area contributed by atoms with Gasteiger partial charge in [-0.3, -0.25) is 4.79 Å². The predicted octanol–water partition coefficient (Wildman–Crippen LogP) is 4.87. The van der Waals surface area contributed by atoms with E-state index in [2.05, 4.69) is 4.98 Å². The van der Waals surface area contributed by atoms with Gasteiger partial charge in [-0.05, 0) is 79.1 Å². The van der Waals surface area contributed by atoms with Crippen LogP contribution in [-0.2, 0) is 27.7 Å². The molecule has 3 aromatic rings. The van der Waals surface area contributed by atoms with Gasteiger partial charge < -0.3 is 14.6 Å². The molecular weight excluding hydrogens is 509 g/mol. The second kappa shape index (κ2) is 10.0. The van der Waals surface area contributed by atoms with Gasteiger partial charge in [0.2, 0.25) is 5.88 Å². The first kappa shape index (κ1) is 26.2. The number of benzene rings is 2. The molecule has 7 nitrogen and oxygen atoms in total. The van der Waals surface area contributed by atoms with Gasteiger partial charge in [-0.1, -0.05) is 12.1 Å². The average Bonchev–Trinajstić information content (AvgIpc) is 3.43. The number of nitrogens with zero attached hydrogens (tertiary/aromatic N) is 1. The third-order valence-electron chi connectivity index (χ3n) is 7.40. The van der Waals surface area contributed by atoms with E-state index in [1.165, 1.54) is 12.3 Å². The average molecular weight is 540 g/mol. The molecule has 9 heteroatoms. The molecular formula is C29H30FNO6S. The molecule has 1 N–H and O–H groups in total. The lowest BCUT2D eigenvalue weighted by atomic mass is 9.97. The van der Waals surface area contributed by atoms with Crippen LogP contribution in [-0.4, -0.2) is 43.1 Å². The summed E-state index contributed by atoms with van der Waals surface area (Å²) in [4.78, 5) is 15.8. The summed E-state index contributed by atoms with van der Waals surface area (Å²) in [7, 11) is -3.04. The first-order valence-corrected chi connectivity index (χ1v) is 14.6. The number of hydrogen-bond acceptors (Lipinski definition) is 6. The first-order chi connectivity index (χ1) is 18.0. The summed E-state index contributed by atoms with van der Waals surface area (Å²) in [6.07, 6.45) is 2.32. The molecule has 38 heavy (non-hydrogen) atoms. The normalized spacial score (nSPS) is 19.5. The summed E-state index contributed by atoms with van der Waals surface area (Å²) in [5.41, 5.74) is 5.93. The number of ether oxygens (including phenoxy) is 2. The molecule has 0 aliphatic heterocycles. The quantitative estimate of drug-likeness (QED) is 0.367. The highest BCUT2D eigenvalue weighted by atomic mass is 32.2. The summed E-state index contributed by atoms with van der Waals surface area (Å²) in [5.74, 6) is 0.0313. The molecule has 2 aromatic carbocycles. The van der Waals surface area contributed by atoms with E-state index in [0.717, 1.165) is 39.9 Å². The Morgan fingerprint density at radius 1 is 1.13 bits per heavy atom. The fourth-order valence-corrected chi connectivity index (χ4v) is 6.27. The highest BCUT2D eigenvalue weighted by Gasteiger charge is 2.59. The van der Waals surface area contributed by atoms with Gasteiger partial charge >= 0.3 is 5.97 Å². The largest absolute Gasteiger partial charge is 0.489 e. The van der Waals surface area contributed by atoms with E-state index in [1.807, 2.05) is 32.0 Å². The number of aliphatic carboxylic acids is 1. The summed E-state index contributed by atoms with van der Waals surface area (Å²) in [6.45, 7) is 4.09. The minimum absolute atomic E-state index is 0.0517. The zero-order valence-corrected chi connectivity index (χ0v) is 22.3. The number of halogens is 1. The number of pyridine rings is 1. The number of carboxylic acids is 1. The third kappa shape index (κ3) is 5.38. The number of sulfone groups is 1. The number of carboxylic acid groups (broad SMARTS) is 1. The van der Waals surface area contributed by atoms with Crippen molar-refractivity contribution in [3.63, 3.8) is 0 Å². The fraction of sp³-hybridized carbons (Fsp3) is 0.379. The second-order valence-corrected chi connectivity index (χ2v) is 12.5. The third-order valence-corrected chi connectivity index (χ3v) is 8.43. The fourth-order valence-electron chi connectivity index (χ4n) is 5.62. The van der Waals surface area contributed by atoms with Crippen LogP contribution in [0.3, 0.4) is 0 Å². The first-order valence-electron chi connectivity index (χ1n) is 12.6. The second-order valence-electron chi connectivity index (χ2n) is 10.3. The number of aryl methyl sites for hydroxylation is 2. The van der Waals surface area contributed by atoms with Crippen molar-refractivity contribution in [2.75, 3.05) is 18.6 Å². The van der Waals surface area contributed by atoms with Gasteiger partial charge in [0.1, 0.15) is 28.0 Å². The molecule has 1 aromatic heterocycles. The summed E-state index contributed by atoms with van der Waals surface area (Å²) < 4.78 is 48.9. The van der Waals surface area contributed by atoms with Crippen LogP contribution in [0.1, 0.15) is 40.3 Å². The molecule has 1 heterocycles. The summed E-state index contributed by atoms with van der Waals surface area (Å²) in [5, 5.41) is 9.31. The molecule has 0 unspecified atom stereocenters. The molecule has 0 saturated heterocycles. The molecule has 2 aliphatic carbocycles. The Bertz CT molecular complexity index is 1500. The Labute approximate surface area is 221 Å². The highest BCUT2D eigenvalue weighted by molar-refractivity contribution is 7.90. The van der Waals surface area contributed by atoms with Gasteiger partial charge in [0.25, 0.3) is 0 Å². The lowest BCUT2D eigenvalue weighted by Gasteiger charge is -2.15. The van der Waals surface area contributed by atoms with E-state index in [4.69, 9.17) is 9.47 Å². The van der Waals surface area contributed by atoms with Gasteiger partial charge in [-0.2, -0.15) is 0 Å². The Morgan fingerprint density at radius 3 is 2.63 bits per heavy atom. The number of hydrogen-bond donors (Lipinski definition) is 1. The lowest BCUT2D eigenvalue weighted by molar-refractivity contribution is -0.139. The van der Waals surface area contributed by atoms with Crippen LogP contribution in [0.4, 0.5) is 4.39 Å². The highest BCUT2D eigenvalue weighted by Crippen LogP contribution is 2.61. The minimum Gasteiger partial charge on any atom is -0.489 e. The summed E-state index contributed by atoms with van der Waals surface area (Å²) >= 11 is 0. The van der Waals surface area contributed by atoms with E-state index in [0.29, 0.717) is 23.6 Å². The Morgan fingerprint density at radius 2 is 1.92 bits per heavy atom. The molecule has 0 radical (unpaired) electrons. The zero-order valence-electron chi connectivity index (χ0n) is 21.5. The maximum absolute atomic E-state index is 14.7. The minimum atomic E-state index is -3.04. The van der Waals surface area contributed by atoms with E-state index in [-0.39, 0.29) is 42.5 Å². The van der Waals surface area contributed by atoms with Crippen molar-refractivity contribution in [3.05, 3.63) is 76.2 Å². The van der Waals surface area contributed by atoms with Crippen LogP contribution >= 0.6 is 0 Å². The molecule has 0 spiro atoms. The molecule has 0 bridgehead atoms. The number of carbonyl (C=O) groups is 1. The van der Waals surface area contributed by atoms with Gasteiger partial charge in [0.15, 0.2) is 0 Å². The van der Waals surface area contributed by atoms with Crippen LogP contribution in [0.15, 0.2) is 42.5 Å². The Kier molecular flexibility index (Phi) is 6.90. The van der Waals surface area contributed by atoms with Crippen LogP contribution in [0.2, 0.25) is 0 Å². The maximum Gasteiger partial charge on any atom is 0.307 e. The number of fused-ring (bicyclic) bond motifs is 3. The molecule has 3 atom stereocenters. The van der Waals surface area contributed by atoms with Crippen LogP contribution in [0, 0.1) is 31.5 Å². The van der Waals surface area contributed by atoms with Crippen molar-refractivity contribution in [1.82, 2.24) is 4.98 Å². The van der Waals surface area contributed by atoms with Crippen molar-refractivity contribution in [3.8, 4) is 22.8 Å². The molecule has 2 aliphatic rings. The Balaban J connectivity index is 1.27. The Hall–Kier alpha value is -3.46. The molecule has 1 saturated carbocycles. The van der Waals surface area contributed by atoms with Gasteiger partial charge in [0.05, 0.1) is 18.3 Å². The van der Waals surface area contributed by atoms with Crippen molar-refractivity contribution in [2.45, 2.75) is 39.2 Å². The smallest absolute Gasteiger partial charge is 0.307 e. The van der Waals surface area contributed by atoms with E-state index < -0.39 is 15.8 Å². The van der Waals surface area contributed by atoms with Gasteiger partial charge in [-0.25, -0.2) is 17.8 Å². The molecule has 0 amide bonds. The monoisotopic (exact) mass is 539 g/mol. The van der Waals surface area contributed by atoms with E-state index in [1.54, 1.807) is 18.2 Å². The predicted molar refractivity (Wildman–Crippen MR) is 141 cm³/mol. The molecule has 1 fully saturated rings. The van der Waals surface area contributed by atoms with Crippen molar-refractivity contribution >= 4 is 15.8 Å². The van der Waals surface area contributed by atoms with Crippen molar-refractivity contribution in [2.24, 2.45) is 11.8 Å². The van der Waals surface area contributed by atoms with Crippen LogP contribution < -0.4 is 9.47 Å². The van der Waals surface area contributed by atoms with Crippen molar-refractivity contribution < 1.29 is 32.2 Å². The van der Waals surface area contributed by atoms with Crippen molar-refractivity contribution in [1.29, 1.82) is 0 Å². The van der Waals surface area contributed by atoms with E-state index >= 15 is 0 Å². The standard InChI is InChI=1S/C29H30FNO6S/c1-16-11-25(36-9-4-10-38(3,34)35)31-17(2)26(16)18-5-8-24(30)20(12-18)15-37-21-6-7-22-19(13-21)14-23-27(22)28(23)29(32)33/h5-8,11-13,23,27-28H,4,9-10,14-15H2,1-3H3,(H,32,33)/t23-,27+,28+/m1/s1. The number of rotatable bonds is 10. The SMILES string of the molecule is Cc1cc(OCCCS(C)(=O)=O)nc(C)c1-c1ccc(F)c(COc2ccc3c(c2)C[C@H]2[C@H](C(=O)O)[C@@H]32)c1. The van der Waals surface area contributed by atoms with Crippen LogP contribution in [0.5, 0.6) is 11.6 Å². The maximum atomic E-state index is 14.7. The van der Waals surface area contributed by atoms with Gasteiger partial charge in [0, 0.05) is 35.1 Å². The topological polar surface area (TPSA) is 103 Å². The molecule has 200 valence electrons.